The van der Waals surface area contributed by atoms with Crippen LogP contribution in [0.2, 0.25) is 0 Å². The summed E-state index contributed by atoms with van der Waals surface area (Å²) in [6.45, 7) is 1.75. The van der Waals surface area contributed by atoms with Gasteiger partial charge in [0, 0.05) is 11.6 Å². The molecule has 0 aliphatic rings. The second kappa shape index (κ2) is 4.43. The molecule has 0 bridgehead atoms. The van der Waals surface area contributed by atoms with E-state index in [1.54, 1.807) is 13.0 Å². The molecule has 0 unspecified atom stereocenters. The molecule has 4 nitrogen and oxygen atoms in total. The first-order chi connectivity index (χ1) is 6.69. The van der Waals surface area contributed by atoms with E-state index in [2.05, 4.69) is 4.84 Å². The molecule has 1 aromatic carbocycles. The van der Waals surface area contributed by atoms with E-state index < -0.39 is 0 Å². The molecule has 0 aliphatic heterocycles. The lowest BCUT2D eigenvalue weighted by atomic mass is 10.1. The first-order valence-electron chi connectivity index (χ1n) is 4.01. The fraction of sp³-hybridized carbons (Fsp3) is 0.100. The molecule has 0 amide bonds. The summed E-state index contributed by atoms with van der Waals surface area (Å²) in [6, 6.07) is 4.52. The third-order valence-electron chi connectivity index (χ3n) is 1.84. The van der Waals surface area contributed by atoms with Crippen molar-refractivity contribution >= 4 is 11.9 Å². The zero-order valence-electron chi connectivity index (χ0n) is 7.73. The maximum absolute atomic E-state index is 10.3. The van der Waals surface area contributed by atoms with Gasteiger partial charge in [-0.15, -0.1) is 0 Å². The maximum Gasteiger partial charge on any atom is 0.157 e. The predicted molar refractivity (Wildman–Crippen MR) is 52.6 cm³/mol. The number of carbonyl (C=O) groups is 1. The quantitative estimate of drug-likeness (QED) is 0.430. The van der Waals surface area contributed by atoms with Crippen molar-refractivity contribution in [2.24, 2.45) is 5.90 Å². The molecule has 14 heavy (non-hydrogen) atoms. The van der Waals surface area contributed by atoms with Gasteiger partial charge in [0.1, 0.15) is 12.0 Å². The van der Waals surface area contributed by atoms with Crippen molar-refractivity contribution in [1.29, 1.82) is 0 Å². The summed E-state index contributed by atoms with van der Waals surface area (Å²) in [5.74, 6) is 5.42. The highest BCUT2D eigenvalue weighted by Crippen LogP contribution is 2.28. The molecule has 1 rings (SSSR count). The van der Waals surface area contributed by atoms with Gasteiger partial charge in [0.2, 0.25) is 0 Å². The van der Waals surface area contributed by atoms with Crippen molar-refractivity contribution in [3.8, 4) is 11.5 Å². The van der Waals surface area contributed by atoms with Crippen LogP contribution in [0.1, 0.15) is 12.5 Å². The van der Waals surface area contributed by atoms with E-state index in [4.69, 9.17) is 11.0 Å². The topological polar surface area (TPSA) is 72.5 Å². The van der Waals surface area contributed by atoms with E-state index in [0.717, 1.165) is 5.57 Å². The summed E-state index contributed by atoms with van der Waals surface area (Å²) in [4.78, 5) is 14.8. The van der Waals surface area contributed by atoms with Gasteiger partial charge in [0.15, 0.2) is 5.75 Å². The minimum absolute atomic E-state index is 0.0631. The van der Waals surface area contributed by atoms with Gasteiger partial charge in [0.05, 0.1) is 0 Å². The third-order valence-corrected chi connectivity index (χ3v) is 1.84. The van der Waals surface area contributed by atoms with E-state index in [-0.39, 0.29) is 5.75 Å². The van der Waals surface area contributed by atoms with Crippen LogP contribution in [-0.2, 0) is 4.79 Å². The van der Waals surface area contributed by atoms with Gasteiger partial charge in [-0.2, -0.15) is 5.90 Å². The fourth-order valence-corrected chi connectivity index (χ4v) is 1.13. The van der Waals surface area contributed by atoms with Crippen LogP contribution in [0.25, 0.3) is 5.57 Å². The highest BCUT2D eigenvalue weighted by Gasteiger charge is 2.05. The zero-order chi connectivity index (χ0) is 10.6. The van der Waals surface area contributed by atoms with Gasteiger partial charge in [-0.25, -0.2) is 0 Å². The monoisotopic (exact) mass is 193 g/mol. The number of benzene rings is 1. The number of rotatable bonds is 3. The van der Waals surface area contributed by atoms with Crippen molar-refractivity contribution < 1.29 is 14.7 Å². The van der Waals surface area contributed by atoms with E-state index >= 15 is 0 Å². The number of allylic oxidation sites excluding steroid dienone is 2. The summed E-state index contributed by atoms with van der Waals surface area (Å²) < 4.78 is 0. The van der Waals surface area contributed by atoms with Gasteiger partial charge in [-0.1, -0.05) is 0 Å². The van der Waals surface area contributed by atoms with Crippen molar-refractivity contribution in [1.82, 2.24) is 0 Å². The number of hydrogen-bond donors (Lipinski definition) is 2. The highest BCUT2D eigenvalue weighted by molar-refractivity contribution is 5.82. The molecule has 4 heteroatoms. The Kier molecular flexibility index (Phi) is 3.25. The smallest absolute Gasteiger partial charge is 0.157 e. The molecule has 0 saturated carbocycles. The lowest BCUT2D eigenvalue weighted by Crippen LogP contribution is -2.03. The van der Waals surface area contributed by atoms with E-state index in [1.165, 1.54) is 18.2 Å². The van der Waals surface area contributed by atoms with Crippen LogP contribution in [0.15, 0.2) is 24.3 Å². The summed E-state index contributed by atoms with van der Waals surface area (Å²) in [5, 5.41) is 9.16. The Morgan fingerprint density at radius 1 is 1.57 bits per heavy atom. The summed E-state index contributed by atoms with van der Waals surface area (Å²) >= 11 is 0. The van der Waals surface area contributed by atoms with E-state index in [0.29, 0.717) is 17.6 Å². The molecule has 0 aliphatic carbocycles. The number of nitrogens with two attached hydrogens (primary N) is 1. The van der Waals surface area contributed by atoms with E-state index in [1.807, 2.05) is 0 Å². The standard InChI is InChI=1S/C10H11NO3/c1-7(4-5-12)9-3-2-8(13)6-10(9)14-11/h2-6,13H,11H2,1H3/b7-4-. The number of aldehydes is 1. The van der Waals surface area contributed by atoms with Crippen molar-refractivity contribution in [3.05, 3.63) is 29.8 Å². The van der Waals surface area contributed by atoms with Crippen LogP contribution in [0, 0.1) is 0 Å². The Bertz CT molecular complexity index is 372. The average molecular weight is 193 g/mol. The predicted octanol–water partition coefficient (Wildman–Crippen LogP) is 1.25. The molecule has 0 radical (unpaired) electrons. The van der Waals surface area contributed by atoms with Crippen molar-refractivity contribution in [2.45, 2.75) is 6.92 Å². The largest absolute Gasteiger partial charge is 0.508 e. The molecule has 0 fully saturated rings. The SMILES string of the molecule is C/C(=C/C=O)c1ccc(O)cc1ON. The Morgan fingerprint density at radius 2 is 2.29 bits per heavy atom. The van der Waals surface area contributed by atoms with Gasteiger partial charge in [-0.05, 0) is 30.7 Å². The molecule has 1 aromatic rings. The molecule has 0 atom stereocenters. The Labute approximate surface area is 81.6 Å². The molecule has 0 aromatic heterocycles. The molecule has 0 saturated heterocycles. The second-order valence-electron chi connectivity index (χ2n) is 2.78. The first-order valence-corrected chi connectivity index (χ1v) is 4.01. The van der Waals surface area contributed by atoms with Gasteiger partial charge in [-0.3, -0.25) is 4.79 Å². The maximum atomic E-state index is 10.3. The molecular formula is C10H11NO3. The van der Waals surface area contributed by atoms with Crippen LogP contribution in [0.5, 0.6) is 11.5 Å². The molecule has 74 valence electrons. The molecule has 0 spiro atoms. The van der Waals surface area contributed by atoms with Gasteiger partial charge >= 0.3 is 0 Å². The number of aromatic hydroxyl groups is 1. The summed E-state index contributed by atoms with van der Waals surface area (Å²) in [5.41, 5.74) is 1.40. The summed E-state index contributed by atoms with van der Waals surface area (Å²) in [7, 11) is 0. The summed E-state index contributed by atoms with van der Waals surface area (Å²) in [6.07, 6.45) is 2.08. The number of phenolic OH excluding ortho intramolecular Hbond substituents is 1. The van der Waals surface area contributed by atoms with Crippen molar-refractivity contribution in [2.75, 3.05) is 0 Å². The Morgan fingerprint density at radius 3 is 2.86 bits per heavy atom. The van der Waals surface area contributed by atoms with Gasteiger partial charge < -0.3 is 9.94 Å². The molecule has 3 N–H and O–H groups in total. The Hall–Kier alpha value is -1.81. The first kappa shape index (κ1) is 10.3. The molecular weight excluding hydrogens is 182 g/mol. The van der Waals surface area contributed by atoms with Crippen LogP contribution in [0.3, 0.4) is 0 Å². The van der Waals surface area contributed by atoms with E-state index in [9.17, 15) is 4.79 Å². The lowest BCUT2D eigenvalue weighted by molar-refractivity contribution is -0.104. The normalized spacial score (nSPS) is 11.1. The van der Waals surface area contributed by atoms with Crippen LogP contribution >= 0.6 is 0 Å². The minimum atomic E-state index is 0.0631. The Balaban J connectivity index is 3.20. The van der Waals surface area contributed by atoms with Crippen LogP contribution < -0.4 is 10.7 Å². The lowest BCUT2D eigenvalue weighted by Gasteiger charge is -2.07. The van der Waals surface area contributed by atoms with Crippen molar-refractivity contribution in [3.63, 3.8) is 0 Å². The second-order valence-corrected chi connectivity index (χ2v) is 2.78. The minimum Gasteiger partial charge on any atom is -0.508 e. The number of carbonyl (C=O) groups excluding carboxylic acids is 1. The number of phenols is 1. The third kappa shape index (κ3) is 2.11. The average Bonchev–Trinajstić information content (AvgIpc) is 2.17. The molecule has 0 heterocycles. The number of hydrogen-bond acceptors (Lipinski definition) is 4. The highest BCUT2D eigenvalue weighted by atomic mass is 16.6. The zero-order valence-corrected chi connectivity index (χ0v) is 7.73. The van der Waals surface area contributed by atoms with Crippen LogP contribution in [-0.4, -0.2) is 11.4 Å². The fourth-order valence-electron chi connectivity index (χ4n) is 1.13. The van der Waals surface area contributed by atoms with Gasteiger partial charge in [0.25, 0.3) is 0 Å². The van der Waals surface area contributed by atoms with Crippen LogP contribution in [0.4, 0.5) is 0 Å².